The molecule has 0 aliphatic carbocycles. The van der Waals surface area contributed by atoms with Gasteiger partial charge in [-0.05, 0) is 26.0 Å². The van der Waals surface area contributed by atoms with E-state index in [0.717, 1.165) is 0 Å². The third-order valence-electron chi connectivity index (χ3n) is 2.50. The maximum Gasteiger partial charge on any atom is 0.323 e. The second kappa shape index (κ2) is 7.36. The van der Waals surface area contributed by atoms with Crippen LogP contribution in [0.5, 0.6) is 5.75 Å². The molecule has 0 bridgehead atoms. The van der Waals surface area contributed by atoms with Crippen LogP contribution in [-0.4, -0.2) is 41.1 Å². The first kappa shape index (κ1) is 16.6. The molecule has 0 aliphatic rings. The molecule has 0 aliphatic heterocycles. The third-order valence-corrected chi connectivity index (χ3v) is 3.24. The summed E-state index contributed by atoms with van der Waals surface area (Å²) < 4.78 is 5.29. The molecule has 1 aromatic carbocycles. The molecule has 0 saturated carbocycles. The lowest BCUT2D eigenvalue weighted by Crippen LogP contribution is -2.43. The Morgan fingerprint density at radius 3 is 2.45 bits per heavy atom. The van der Waals surface area contributed by atoms with Gasteiger partial charge < -0.3 is 14.7 Å². The molecule has 0 unspecified atom stereocenters. The van der Waals surface area contributed by atoms with Gasteiger partial charge in [-0.3, -0.25) is 9.59 Å². The van der Waals surface area contributed by atoms with Crippen molar-refractivity contribution in [1.82, 2.24) is 4.90 Å². The molecule has 0 fully saturated rings. The van der Waals surface area contributed by atoms with Gasteiger partial charge in [0.05, 0.1) is 10.0 Å². The van der Waals surface area contributed by atoms with Gasteiger partial charge in [0.25, 0.3) is 5.91 Å². The lowest BCUT2D eigenvalue weighted by atomic mass is 10.3. The largest absolute Gasteiger partial charge is 0.484 e. The second-order valence-corrected chi connectivity index (χ2v) is 5.19. The molecule has 0 spiro atoms. The molecule has 0 saturated heterocycles. The topological polar surface area (TPSA) is 66.8 Å². The van der Waals surface area contributed by atoms with Crippen LogP contribution in [0.1, 0.15) is 13.8 Å². The Hall–Kier alpha value is -1.46. The number of aliphatic carboxylic acids is 1. The van der Waals surface area contributed by atoms with E-state index in [2.05, 4.69) is 0 Å². The summed E-state index contributed by atoms with van der Waals surface area (Å²) in [4.78, 5) is 23.9. The van der Waals surface area contributed by atoms with Crippen molar-refractivity contribution in [1.29, 1.82) is 0 Å². The summed E-state index contributed by atoms with van der Waals surface area (Å²) >= 11 is 11.6. The molecular weight excluding hydrogens is 305 g/mol. The minimum Gasteiger partial charge on any atom is -0.484 e. The van der Waals surface area contributed by atoms with Crippen LogP contribution in [0.25, 0.3) is 0 Å². The summed E-state index contributed by atoms with van der Waals surface area (Å²) in [6.07, 6.45) is 0. The summed E-state index contributed by atoms with van der Waals surface area (Å²) in [5, 5.41) is 9.48. The third kappa shape index (κ3) is 4.90. The highest BCUT2D eigenvalue weighted by molar-refractivity contribution is 6.42. The summed E-state index contributed by atoms with van der Waals surface area (Å²) in [5.74, 6) is -1.08. The Bertz CT molecular complexity index is 505. The smallest absolute Gasteiger partial charge is 0.323 e. The normalized spacial score (nSPS) is 10.4. The summed E-state index contributed by atoms with van der Waals surface area (Å²) in [7, 11) is 0. The summed E-state index contributed by atoms with van der Waals surface area (Å²) in [5.41, 5.74) is 0. The van der Waals surface area contributed by atoms with Crippen LogP contribution in [-0.2, 0) is 9.59 Å². The fourth-order valence-corrected chi connectivity index (χ4v) is 1.79. The molecule has 20 heavy (non-hydrogen) atoms. The van der Waals surface area contributed by atoms with Gasteiger partial charge in [-0.25, -0.2) is 0 Å². The fraction of sp³-hybridized carbons (Fsp3) is 0.385. The zero-order valence-electron chi connectivity index (χ0n) is 11.1. The number of hydrogen-bond donors (Lipinski definition) is 1. The number of carboxylic acid groups (broad SMARTS) is 1. The first-order valence-electron chi connectivity index (χ1n) is 5.90. The van der Waals surface area contributed by atoms with Crippen LogP contribution in [0.3, 0.4) is 0 Å². The van der Waals surface area contributed by atoms with Gasteiger partial charge in [0.15, 0.2) is 6.61 Å². The molecule has 110 valence electrons. The van der Waals surface area contributed by atoms with Crippen LogP contribution >= 0.6 is 23.2 Å². The Balaban J connectivity index is 2.64. The number of benzene rings is 1. The number of rotatable bonds is 6. The van der Waals surface area contributed by atoms with Gasteiger partial charge in [-0.2, -0.15) is 0 Å². The minimum atomic E-state index is -1.07. The molecule has 0 aromatic heterocycles. The summed E-state index contributed by atoms with van der Waals surface area (Å²) in [6.45, 7) is 2.85. The first-order chi connectivity index (χ1) is 9.31. The predicted octanol–water partition coefficient (Wildman–Crippen LogP) is 2.69. The van der Waals surface area contributed by atoms with Crippen LogP contribution < -0.4 is 4.74 Å². The van der Waals surface area contributed by atoms with Crippen LogP contribution in [0.4, 0.5) is 0 Å². The molecule has 1 N–H and O–H groups in total. The standard InChI is InChI=1S/C13H15Cl2NO4/c1-8(2)16(6-13(18)19)12(17)7-20-9-3-4-10(14)11(15)5-9/h3-5,8H,6-7H2,1-2H3,(H,18,19). The predicted molar refractivity (Wildman–Crippen MR) is 76.4 cm³/mol. The Labute approximate surface area is 127 Å². The fourth-order valence-electron chi connectivity index (χ4n) is 1.50. The first-order valence-corrected chi connectivity index (χ1v) is 6.66. The van der Waals surface area contributed by atoms with Crippen molar-refractivity contribution in [3.8, 4) is 5.75 Å². The van der Waals surface area contributed by atoms with Gasteiger partial charge >= 0.3 is 5.97 Å². The number of ether oxygens (including phenoxy) is 1. The van der Waals surface area contributed by atoms with Crippen molar-refractivity contribution in [2.24, 2.45) is 0 Å². The molecule has 1 rings (SSSR count). The van der Waals surface area contributed by atoms with Crippen LogP contribution in [0.2, 0.25) is 10.0 Å². The Kier molecular flexibility index (Phi) is 6.10. The van der Waals surface area contributed by atoms with E-state index in [0.29, 0.717) is 15.8 Å². The van der Waals surface area contributed by atoms with E-state index in [9.17, 15) is 9.59 Å². The van der Waals surface area contributed by atoms with E-state index in [1.165, 1.54) is 11.0 Å². The quantitative estimate of drug-likeness (QED) is 0.875. The minimum absolute atomic E-state index is 0.226. The number of carboxylic acids is 1. The van der Waals surface area contributed by atoms with Crippen molar-refractivity contribution in [2.45, 2.75) is 19.9 Å². The lowest BCUT2D eigenvalue weighted by molar-refractivity contribution is -0.146. The molecule has 0 atom stereocenters. The maximum atomic E-state index is 11.9. The van der Waals surface area contributed by atoms with Crippen molar-refractivity contribution in [2.75, 3.05) is 13.2 Å². The van der Waals surface area contributed by atoms with E-state index < -0.39 is 11.9 Å². The van der Waals surface area contributed by atoms with E-state index in [1.54, 1.807) is 26.0 Å². The SMILES string of the molecule is CC(C)N(CC(=O)O)C(=O)COc1ccc(Cl)c(Cl)c1. The monoisotopic (exact) mass is 319 g/mol. The van der Waals surface area contributed by atoms with Gasteiger partial charge in [-0.1, -0.05) is 23.2 Å². The number of hydrogen-bond acceptors (Lipinski definition) is 3. The second-order valence-electron chi connectivity index (χ2n) is 4.37. The van der Waals surface area contributed by atoms with Crippen molar-refractivity contribution < 1.29 is 19.4 Å². The maximum absolute atomic E-state index is 11.9. The average molecular weight is 320 g/mol. The van der Waals surface area contributed by atoms with Crippen molar-refractivity contribution >= 4 is 35.1 Å². The van der Waals surface area contributed by atoms with Gasteiger partial charge in [0.2, 0.25) is 0 Å². The van der Waals surface area contributed by atoms with Gasteiger partial charge in [0, 0.05) is 12.1 Å². The number of nitrogens with zero attached hydrogens (tertiary/aromatic N) is 1. The van der Waals surface area contributed by atoms with Gasteiger partial charge in [0.1, 0.15) is 12.3 Å². The molecule has 0 heterocycles. The average Bonchev–Trinajstić information content (AvgIpc) is 2.36. The molecule has 1 amide bonds. The van der Waals surface area contributed by atoms with Crippen LogP contribution in [0.15, 0.2) is 18.2 Å². The molecule has 1 aromatic rings. The van der Waals surface area contributed by atoms with E-state index >= 15 is 0 Å². The highest BCUT2D eigenvalue weighted by Gasteiger charge is 2.20. The van der Waals surface area contributed by atoms with Crippen molar-refractivity contribution in [3.63, 3.8) is 0 Å². The number of carbonyl (C=O) groups is 2. The Morgan fingerprint density at radius 2 is 1.95 bits per heavy atom. The highest BCUT2D eigenvalue weighted by atomic mass is 35.5. The van der Waals surface area contributed by atoms with E-state index in [4.69, 9.17) is 33.0 Å². The highest BCUT2D eigenvalue weighted by Crippen LogP contribution is 2.26. The Morgan fingerprint density at radius 1 is 1.30 bits per heavy atom. The number of amides is 1. The van der Waals surface area contributed by atoms with E-state index in [1.807, 2.05) is 0 Å². The lowest BCUT2D eigenvalue weighted by Gasteiger charge is -2.24. The number of carbonyl (C=O) groups excluding carboxylic acids is 1. The van der Waals surface area contributed by atoms with E-state index in [-0.39, 0.29) is 19.2 Å². The van der Waals surface area contributed by atoms with Crippen molar-refractivity contribution in [3.05, 3.63) is 28.2 Å². The molecule has 7 heteroatoms. The number of halogens is 2. The molecule has 5 nitrogen and oxygen atoms in total. The zero-order valence-corrected chi connectivity index (χ0v) is 12.6. The van der Waals surface area contributed by atoms with Crippen LogP contribution in [0, 0.1) is 0 Å². The summed E-state index contributed by atoms with van der Waals surface area (Å²) in [6, 6.07) is 4.41. The molecule has 0 radical (unpaired) electrons. The molecular formula is C13H15Cl2NO4. The zero-order chi connectivity index (χ0) is 15.3. The van der Waals surface area contributed by atoms with Gasteiger partial charge in [-0.15, -0.1) is 0 Å².